The summed E-state index contributed by atoms with van der Waals surface area (Å²) in [5.41, 5.74) is 0. The second kappa shape index (κ2) is 74.5. The minimum absolute atomic E-state index is 0.107. The first-order valence-electron chi connectivity index (χ1n) is 43.0. The molecule has 0 saturated carbocycles. The fourth-order valence-corrected chi connectivity index (χ4v) is 14.4. The van der Waals surface area contributed by atoms with Crippen LogP contribution in [0.1, 0.15) is 440 Å². The van der Waals surface area contributed by atoms with Gasteiger partial charge in [-0.15, -0.1) is 0 Å². The Morgan fingerprint density at radius 2 is 0.500 bits per heavy atom. The predicted molar refractivity (Wildman–Crippen MR) is 418 cm³/mol. The molecule has 0 amide bonds. The topological polar surface area (TPSA) is 237 Å². The number of ether oxygens (including phenoxy) is 4. The summed E-state index contributed by atoms with van der Waals surface area (Å²) in [6, 6.07) is 0. The zero-order valence-corrected chi connectivity index (χ0v) is 68.7. The van der Waals surface area contributed by atoms with E-state index in [0.717, 1.165) is 102 Å². The number of rotatable bonds is 82. The summed E-state index contributed by atoms with van der Waals surface area (Å²) in [5.74, 6) is -0.521. The molecule has 0 aliphatic carbocycles. The average molecular weight is 1490 g/mol. The maximum absolute atomic E-state index is 13.1. The molecule has 0 aliphatic heterocycles. The van der Waals surface area contributed by atoms with Crippen LogP contribution in [-0.2, 0) is 65.4 Å². The number of phosphoric acid groups is 2. The van der Waals surface area contributed by atoms with Gasteiger partial charge in [0.25, 0.3) is 0 Å². The molecular formula is C83H162O17P2. The van der Waals surface area contributed by atoms with Crippen LogP contribution in [0.3, 0.4) is 0 Å². The lowest BCUT2D eigenvalue weighted by molar-refractivity contribution is -0.161. The van der Waals surface area contributed by atoms with E-state index in [9.17, 15) is 43.2 Å². The molecule has 0 bridgehead atoms. The van der Waals surface area contributed by atoms with E-state index >= 15 is 0 Å². The third kappa shape index (κ3) is 74.9. The average Bonchev–Trinajstić information content (AvgIpc) is 0.978. The van der Waals surface area contributed by atoms with Crippen LogP contribution in [0.5, 0.6) is 0 Å². The summed E-state index contributed by atoms with van der Waals surface area (Å²) in [6.45, 7) is 9.68. The fourth-order valence-electron chi connectivity index (χ4n) is 12.9. The van der Waals surface area contributed by atoms with Gasteiger partial charge < -0.3 is 33.8 Å². The van der Waals surface area contributed by atoms with Gasteiger partial charge >= 0.3 is 39.5 Å². The molecule has 19 heteroatoms. The van der Waals surface area contributed by atoms with Gasteiger partial charge in [-0.1, -0.05) is 388 Å². The molecule has 0 heterocycles. The Hall–Kier alpha value is -1.94. The van der Waals surface area contributed by atoms with Gasteiger partial charge in [0.1, 0.15) is 19.3 Å². The van der Waals surface area contributed by atoms with Gasteiger partial charge in [-0.3, -0.25) is 37.3 Å². The fraction of sp³-hybridized carbons (Fsp3) is 0.952. The van der Waals surface area contributed by atoms with Crippen molar-refractivity contribution in [1.82, 2.24) is 0 Å². The Kier molecular flexibility index (Phi) is 73.1. The molecule has 0 spiro atoms. The van der Waals surface area contributed by atoms with Crippen LogP contribution in [0.25, 0.3) is 0 Å². The number of hydrogen-bond acceptors (Lipinski definition) is 15. The Bertz CT molecular complexity index is 1960. The molecule has 3 unspecified atom stereocenters. The number of hydrogen-bond donors (Lipinski definition) is 3. The van der Waals surface area contributed by atoms with Crippen molar-refractivity contribution in [2.24, 2.45) is 11.8 Å². The van der Waals surface area contributed by atoms with Gasteiger partial charge in [0, 0.05) is 25.7 Å². The van der Waals surface area contributed by atoms with Crippen molar-refractivity contribution in [3.63, 3.8) is 0 Å². The molecule has 0 aliphatic rings. The zero-order valence-electron chi connectivity index (χ0n) is 66.9. The highest BCUT2D eigenvalue weighted by Gasteiger charge is 2.30. The SMILES string of the molecule is CCCCCCCCCCCCCCCCCCCCCCCC(=O)O[C@H](COC(=O)CCCCCCCCCCCCCCC(C)C)COP(=O)(O)OC[C@@H](O)COP(=O)(O)OC[C@@H](COC(=O)CCCCCCCCCCCCCC)OC(=O)CCCCCCCCCCCCC(C)CC. The molecule has 0 aromatic heterocycles. The Morgan fingerprint density at radius 1 is 0.284 bits per heavy atom. The quantitative estimate of drug-likeness (QED) is 0.0222. The highest BCUT2D eigenvalue weighted by Crippen LogP contribution is 2.45. The monoisotopic (exact) mass is 1490 g/mol. The Morgan fingerprint density at radius 3 is 0.745 bits per heavy atom. The van der Waals surface area contributed by atoms with E-state index in [1.54, 1.807) is 0 Å². The first-order chi connectivity index (χ1) is 49.4. The van der Waals surface area contributed by atoms with Crippen molar-refractivity contribution in [3.05, 3.63) is 0 Å². The summed E-state index contributed by atoms with van der Waals surface area (Å²) in [7, 11) is -9.92. The van der Waals surface area contributed by atoms with E-state index in [2.05, 4.69) is 41.5 Å². The van der Waals surface area contributed by atoms with Crippen molar-refractivity contribution in [2.45, 2.75) is 458 Å². The van der Waals surface area contributed by atoms with E-state index in [1.165, 1.54) is 257 Å². The summed E-state index contributed by atoms with van der Waals surface area (Å²) < 4.78 is 68.8. The molecule has 0 rings (SSSR count). The molecule has 0 radical (unpaired) electrons. The lowest BCUT2D eigenvalue weighted by Gasteiger charge is -2.21. The smallest absolute Gasteiger partial charge is 0.462 e. The molecular weight excluding hydrogens is 1330 g/mol. The molecule has 0 aromatic rings. The maximum Gasteiger partial charge on any atom is 0.472 e. The number of carbonyl (C=O) groups is 4. The van der Waals surface area contributed by atoms with Gasteiger partial charge in [0.2, 0.25) is 0 Å². The second-order valence-corrected chi connectivity index (χ2v) is 33.5. The molecule has 0 aromatic carbocycles. The third-order valence-electron chi connectivity index (χ3n) is 19.8. The van der Waals surface area contributed by atoms with Crippen LogP contribution in [0.2, 0.25) is 0 Å². The second-order valence-electron chi connectivity index (χ2n) is 30.6. The number of esters is 4. The Labute approximate surface area is 626 Å². The van der Waals surface area contributed by atoms with Crippen LogP contribution >= 0.6 is 15.6 Å². The number of carbonyl (C=O) groups excluding carboxylic acids is 4. The molecule has 102 heavy (non-hydrogen) atoms. The molecule has 0 fully saturated rings. The molecule has 0 saturated heterocycles. The van der Waals surface area contributed by atoms with Crippen LogP contribution in [0, 0.1) is 11.8 Å². The van der Waals surface area contributed by atoms with Crippen LogP contribution in [-0.4, -0.2) is 96.7 Å². The van der Waals surface area contributed by atoms with Crippen LogP contribution < -0.4 is 0 Å². The summed E-state index contributed by atoms with van der Waals surface area (Å²) in [6.07, 6.45) is 65.1. The number of unbranched alkanes of at least 4 members (excludes halogenated alkanes) is 51. The van der Waals surface area contributed by atoms with E-state index in [0.29, 0.717) is 25.7 Å². The number of aliphatic hydroxyl groups excluding tert-OH is 1. The van der Waals surface area contributed by atoms with E-state index in [1.807, 2.05) is 0 Å². The maximum atomic E-state index is 13.1. The van der Waals surface area contributed by atoms with E-state index in [4.69, 9.17) is 37.0 Å². The zero-order chi connectivity index (χ0) is 74.9. The lowest BCUT2D eigenvalue weighted by atomic mass is 9.99. The number of phosphoric ester groups is 2. The predicted octanol–water partition coefficient (Wildman–Crippen LogP) is 25.1. The molecule has 606 valence electrons. The molecule has 3 N–H and O–H groups in total. The lowest BCUT2D eigenvalue weighted by Crippen LogP contribution is -2.30. The van der Waals surface area contributed by atoms with E-state index in [-0.39, 0.29) is 25.7 Å². The van der Waals surface area contributed by atoms with Crippen LogP contribution in [0.15, 0.2) is 0 Å². The van der Waals surface area contributed by atoms with Crippen molar-refractivity contribution in [3.8, 4) is 0 Å². The third-order valence-corrected chi connectivity index (χ3v) is 21.7. The number of aliphatic hydroxyl groups is 1. The summed E-state index contributed by atoms with van der Waals surface area (Å²) in [5, 5.41) is 10.7. The first kappa shape index (κ1) is 100. The van der Waals surface area contributed by atoms with Crippen molar-refractivity contribution in [1.29, 1.82) is 0 Å². The van der Waals surface area contributed by atoms with Gasteiger partial charge in [0.05, 0.1) is 26.4 Å². The minimum Gasteiger partial charge on any atom is -0.462 e. The van der Waals surface area contributed by atoms with Gasteiger partial charge in [-0.05, 0) is 37.5 Å². The van der Waals surface area contributed by atoms with Crippen molar-refractivity contribution in [2.75, 3.05) is 39.6 Å². The van der Waals surface area contributed by atoms with Gasteiger partial charge in [0.15, 0.2) is 12.2 Å². The van der Waals surface area contributed by atoms with Crippen molar-refractivity contribution >= 4 is 39.5 Å². The highest BCUT2D eigenvalue weighted by molar-refractivity contribution is 7.47. The van der Waals surface area contributed by atoms with Gasteiger partial charge in [-0.25, -0.2) is 9.13 Å². The van der Waals surface area contributed by atoms with E-state index < -0.39 is 97.5 Å². The van der Waals surface area contributed by atoms with Crippen molar-refractivity contribution < 1.29 is 80.2 Å². The normalized spacial score (nSPS) is 14.1. The highest BCUT2D eigenvalue weighted by atomic mass is 31.2. The molecule has 17 nitrogen and oxygen atoms in total. The van der Waals surface area contributed by atoms with Crippen LogP contribution in [0.4, 0.5) is 0 Å². The first-order valence-corrected chi connectivity index (χ1v) is 46.0. The summed E-state index contributed by atoms with van der Waals surface area (Å²) >= 11 is 0. The Balaban J connectivity index is 5.24. The molecule has 6 atom stereocenters. The van der Waals surface area contributed by atoms with Gasteiger partial charge in [-0.2, -0.15) is 0 Å². The summed E-state index contributed by atoms with van der Waals surface area (Å²) in [4.78, 5) is 73.1. The standard InChI is InChI=1S/C83H162O17P2/c1-7-10-12-14-16-18-20-22-23-24-25-26-27-28-29-30-36-43-49-55-61-67-82(87)99-78(71-94-81(86)66-60-54-48-42-35-32-31-33-39-45-51-57-63-75(4)5)73-97-101(89,90)95-69-77(84)70-96-102(91,92)98-74-79(72-93-80(85)65-59-53-47-41-34-21-19-17-15-13-11-8-2)100-83(88)68-62-56-50-44-38-37-40-46-52-58-64-76(6)9-3/h75-79,84H,7-74H2,1-6H3,(H,89,90)(H,91,92)/t76?,77-,78-,79-/m1/s1. The largest absolute Gasteiger partial charge is 0.472 e. The minimum atomic E-state index is -4.96.